The molecule has 0 spiro atoms. The minimum absolute atomic E-state index is 0.521. The lowest BCUT2D eigenvalue weighted by atomic mass is 9.76. The van der Waals surface area contributed by atoms with E-state index in [1.165, 1.54) is 102 Å². The summed E-state index contributed by atoms with van der Waals surface area (Å²) in [5.74, 6) is 3.17. The van der Waals surface area contributed by atoms with Gasteiger partial charge in [-0.25, -0.2) is 0 Å². The van der Waals surface area contributed by atoms with Gasteiger partial charge in [0, 0.05) is 27.1 Å². The molecule has 5 heteroatoms. The van der Waals surface area contributed by atoms with Gasteiger partial charge in [0.2, 0.25) is 11.9 Å². The van der Waals surface area contributed by atoms with Gasteiger partial charge in [0.25, 0.3) is 0 Å². The third-order valence-electron chi connectivity index (χ3n) is 11.6. The minimum atomic E-state index is 0.521. The molecular weight excluding hydrogens is 611 g/mol. The maximum atomic E-state index is 5.55. The smallest absolute Gasteiger partial charge is 0.240 e. The standard InChI is InChI=1S/C45H41N5/c1-3-16-30(17-4-1)32-24-15-25-33(31-18-5-2-6-19-31)42(32)43-46-44(49-38-26-11-7-20-34(38)35-21-8-12-27-39(35)49)48-45(47-43)50-40-28-13-9-22-36(40)37-23-10-14-29-41(37)50/h7-15,20-31H,1-6,16-19H2. The topological polar surface area (TPSA) is 48.5 Å². The van der Waals surface area contributed by atoms with Gasteiger partial charge in [0.1, 0.15) is 0 Å². The molecule has 50 heavy (non-hydrogen) atoms. The van der Waals surface area contributed by atoms with Gasteiger partial charge in [0.15, 0.2) is 5.82 Å². The summed E-state index contributed by atoms with van der Waals surface area (Å²) < 4.78 is 4.52. The van der Waals surface area contributed by atoms with Crippen LogP contribution in [0.25, 0.3) is 66.9 Å². The third kappa shape index (κ3) is 4.78. The molecule has 2 saturated carbocycles. The molecule has 3 aromatic heterocycles. The lowest BCUT2D eigenvalue weighted by Crippen LogP contribution is -2.15. The number of rotatable bonds is 5. The highest BCUT2D eigenvalue weighted by atomic mass is 15.3. The first-order chi connectivity index (χ1) is 24.8. The van der Waals surface area contributed by atoms with Crippen LogP contribution in [0.4, 0.5) is 0 Å². The van der Waals surface area contributed by atoms with E-state index < -0.39 is 0 Å². The summed E-state index contributed by atoms with van der Waals surface area (Å²) in [5, 5.41) is 4.81. The molecule has 2 aliphatic rings. The van der Waals surface area contributed by atoms with Gasteiger partial charge in [-0.1, -0.05) is 130 Å². The molecule has 0 bridgehead atoms. The summed E-state index contributed by atoms with van der Waals surface area (Å²) >= 11 is 0. The van der Waals surface area contributed by atoms with E-state index in [2.05, 4.69) is 124 Å². The molecule has 10 rings (SSSR count). The molecule has 5 nitrogen and oxygen atoms in total. The zero-order valence-electron chi connectivity index (χ0n) is 28.4. The largest absolute Gasteiger partial charge is 0.278 e. The molecule has 3 heterocycles. The van der Waals surface area contributed by atoms with E-state index >= 15 is 0 Å². The number of hydrogen-bond acceptors (Lipinski definition) is 3. The van der Waals surface area contributed by atoms with Crippen molar-refractivity contribution in [3.63, 3.8) is 0 Å². The molecule has 8 aromatic rings. The van der Waals surface area contributed by atoms with E-state index in [-0.39, 0.29) is 0 Å². The molecule has 5 aromatic carbocycles. The van der Waals surface area contributed by atoms with Crippen molar-refractivity contribution in [2.24, 2.45) is 0 Å². The molecule has 0 atom stereocenters. The van der Waals surface area contributed by atoms with E-state index in [1.807, 2.05) is 0 Å². The molecule has 0 amide bonds. The fourth-order valence-electron chi connectivity index (χ4n) is 9.30. The fraction of sp³-hybridized carbons (Fsp3) is 0.267. The van der Waals surface area contributed by atoms with Crippen LogP contribution in [0.1, 0.15) is 87.2 Å². The second-order valence-corrected chi connectivity index (χ2v) is 14.5. The third-order valence-corrected chi connectivity index (χ3v) is 11.6. The predicted molar refractivity (Wildman–Crippen MR) is 206 cm³/mol. The highest BCUT2D eigenvalue weighted by Gasteiger charge is 2.28. The number of benzene rings is 5. The Kier molecular flexibility index (Phi) is 7.25. The van der Waals surface area contributed by atoms with Gasteiger partial charge in [-0.3, -0.25) is 9.13 Å². The Morgan fingerprint density at radius 3 is 1.12 bits per heavy atom. The van der Waals surface area contributed by atoms with Gasteiger partial charge >= 0.3 is 0 Å². The second-order valence-electron chi connectivity index (χ2n) is 14.5. The number of para-hydroxylation sites is 4. The molecule has 0 aliphatic heterocycles. The zero-order chi connectivity index (χ0) is 33.0. The molecule has 2 fully saturated rings. The number of hydrogen-bond donors (Lipinski definition) is 0. The lowest BCUT2D eigenvalue weighted by molar-refractivity contribution is 0.436. The maximum Gasteiger partial charge on any atom is 0.240 e. The van der Waals surface area contributed by atoms with Crippen molar-refractivity contribution < 1.29 is 0 Å². The Hall–Kier alpha value is -5.29. The van der Waals surface area contributed by atoms with Crippen LogP contribution in [0.3, 0.4) is 0 Å². The van der Waals surface area contributed by atoms with Crippen molar-refractivity contribution in [1.29, 1.82) is 0 Å². The van der Waals surface area contributed by atoms with Crippen molar-refractivity contribution in [1.82, 2.24) is 24.1 Å². The second kappa shape index (κ2) is 12.2. The molecule has 0 unspecified atom stereocenters. The van der Waals surface area contributed by atoms with Crippen LogP contribution in [-0.4, -0.2) is 24.1 Å². The van der Waals surface area contributed by atoms with Crippen LogP contribution in [-0.2, 0) is 0 Å². The van der Waals surface area contributed by atoms with Crippen molar-refractivity contribution in [3.05, 3.63) is 126 Å². The van der Waals surface area contributed by atoms with Gasteiger partial charge < -0.3 is 0 Å². The molecule has 246 valence electrons. The molecule has 0 saturated heterocycles. The highest BCUT2D eigenvalue weighted by Crippen LogP contribution is 2.44. The summed E-state index contributed by atoms with van der Waals surface area (Å²) in [6, 6.07) is 41.7. The summed E-state index contributed by atoms with van der Waals surface area (Å²) in [4.78, 5) is 16.5. The SMILES string of the molecule is c1cc(C2CCCCC2)c(-c2nc(-n3c4ccccc4c4ccccc43)nc(-n3c4ccccc4c4ccccc43)n2)c(C2CCCCC2)c1. The summed E-state index contributed by atoms with van der Waals surface area (Å²) in [6.07, 6.45) is 12.7. The first kappa shape index (κ1) is 29.6. The van der Waals surface area contributed by atoms with E-state index in [1.54, 1.807) is 0 Å². The van der Waals surface area contributed by atoms with Crippen molar-refractivity contribution in [2.75, 3.05) is 0 Å². The van der Waals surface area contributed by atoms with Gasteiger partial charge in [-0.15, -0.1) is 0 Å². The van der Waals surface area contributed by atoms with Crippen LogP contribution in [0.2, 0.25) is 0 Å². The Morgan fingerprint density at radius 2 is 0.740 bits per heavy atom. The highest BCUT2D eigenvalue weighted by molar-refractivity contribution is 6.10. The predicted octanol–water partition coefficient (Wildman–Crippen LogP) is 11.8. The quantitative estimate of drug-likeness (QED) is 0.186. The summed E-state index contributed by atoms with van der Waals surface area (Å²) in [6.45, 7) is 0. The average molecular weight is 652 g/mol. The minimum Gasteiger partial charge on any atom is -0.278 e. The van der Waals surface area contributed by atoms with Crippen LogP contribution >= 0.6 is 0 Å². The van der Waals surface area contributed by atoms with E-state index in [4.69, 9.17) is 15.0 Å². The molecular formula is C45H41N5. The molecule has 2 aliphatic carbocycles. The van der Waals surface area contributed by atoms with Crippen LogP contribution < -0.4 is 0 Å². The summed E-state index contributed by atoms with van der Waals surface area (Å²) in [5.41, 5.74) is 8.54. The van der Waals surface area contributed by atoms with Gasteiger partial charge in [-0.05, 0) is 72.9 Å². The maximum absolute atomic E-state index is 5.55. The van der Waals surface area contributed by atoms with Crippen LogP contribution in [0.5, 0.6) is 0 Å². The number of aromatic nitrogens is 5. The molecule has 0 N–H and O–H groups in total. The monoisotopic (exact) mass is 651 g/mol. The summed E-state index contributed by atoms with van der Waals surface area (Å²) in [7, 11) is 0. The molecule has 0 radical (unpaired) electrons. The first-order valence-corrected chi connectivity index (χ1v) is 18.7. The average Bonchev–Trinajstić information content (AvgIpc) is 3.71. The Balaban J connectivity index is 1.32. The van der Waals surface area contributed by atoms with Crippen LogP contribution in [0.15, 0.2) is 115 Å². The van der Waals surface area contributed by atoms with Crippen LogP contribution in [0, 0.1) is 0 Å². The van der Waals surface area contributed by atoms with E-state index in [9.17, 15) is 0 Å². The van der Waals surface area contributed by atoms with Crippen molar-refractivity contribution in [2.45, 2.75) is 76.0 Å². The van der Waals surface area contributed by atoms with E-state index in [0.717, 1.165) is 27.9 Å². The number of nitrogens with zero attached hydrogens (tertiary/aromatic N) is 5. The Morgan fingerprint density at radius 1 is 0.380 bits per heavy atom. The van der Waals surface area contributed by atoms with Gasteiger partial charge in [0.05, 0.1) is 22.1 Å². The van der Waals surface area contributed by atoms with Gasteiger partial charge in [-0.2, -0.15) is 15.0 Å². The van der Waals surface area contributed by atoms with Crippen molar-refractivity contribution in [3.8, 4) is 23.3 Å². The van der Waals surface area contributed by atoms with Crippen molar-refractivity contribution >= 4 is 43.6 Å². The van der Waals surface area contributed by atoms with E-state index in [0.29, 0.717) is 23.7 Å². The lowest BCUT2D eigenvalue weighted by Gasteiger charge is -2.29. The first-order valence-electron chi connectivity index (χ1n) is 18.7. The Bertz CT molecular complexity index is 2250. The number of fused-ring (bicyclic) bond motifs is 6. The Labute approximate surface area is 292 Å². The normalized spacial score (nSPS) is 16.2. The fourth-order valence-corrected chi connectivity index (χ4v) is 9.30. The zero-order valence-corrected chi connectivity index (χ0v) is 28.4.